The monoisotopic (exact) mass is 427 g/mol. The first-order valence-corrected chi connectivity index (χ1v) is 11.4. The molecule has 3 aromatic rings. The van der Waals surface area contributed by atoms with Crippen LogP contribution < -0.4 is 4.74 Å². The van der Waals surface area contributed by atoms with Crippen molar-refractivity contribution in [2.45, 2.75) is 19.0 Å². The van der Waals surface area contributed by atoms with Crippen LogP contribution in [0.4, 0.5) is 0 Å². The standard InChI is InChI=1S/C21H21N3O5S/c25-20(13-28-19-8-6-17(7-9-19)21-23-22-15-29-21)24(12-16-4-2-1-3-5-16)18-10-11-30(26,27)14-18/h1-9,15,18H,10-14H2/t18-/m0/s1. The van der Waals surface area contributed by atoms with E-state index in [0.29, 0.717) is 24.6 Å². The molecule has 1 aliphatic rings. The van der Waals surface area contributed by atoms with E-state index in [1.807, 2.05) is 30.3 Å². The van der Waals surface area contributed by atoms with Crippen LogP contribution in [0.15, 0.2) is 65.4 Å². The van der Waals surface area contributed by atoms with Crippen LogP contribution in [0.1, 0.15) is 12.0 Å². The van der Waals surface area contributed by atoms with E-state index < -0.39 is 9.84 Å². The third kappa shape index (κ3) is 4.85. The molecule has 0 radical (unpaired) electrons. The summed E-state index contributed by atoms with van der Waals surface area (Å²) in [5.41, 5.74) is 1.69. The zero-order valence-electron chi connectivity index (χ0n) is 16.2. The summed E-state index contributed by atoms with van der Waals surface area (Å²) < 4.78 is 34.7. The highest BCUT2D eigenvalue weighted by atomic mass is 32.2. The summed E-state index contributed by atoms with van der Waals surface area (Å²) in [4.78, 5) is 14.6. The van der Waals surface area contributed by atoms with Gasteiger partial charge in [-0.05, 0) is 36.2 Å². The van der Waals surface area contributed by atoms with E-state index >= 15 is 0 Å². The van der Waals surface area contributed by atoms with Crippen LogP contribution >= 0.6 is 0 Å². The molecule has 1 aromatic heterocycles. The number of hydrogen-bond donors (Lipinski definition) is 0. The first kappa shape index (κ1) is 20.1. The number of carbonyl (C=O) groups excluding carboxylic acids is 1. The highest BCUT2D eigenvalue weighted by Crippen LogP contribution is 2.22. The summed E-state index contributed by atoms with van der Waals surface area (Å²) in [6.07, 6.45) is 1.70. The first-order chi connectivity index (χ1) is 14.5. The fourth-order valence-corrected chi connectivity index (χ4v) is 5.17. The van der Waals surface area contributed by atoms with Crippen LogP contribution in [0.25, 0.3) is 11.5 Å². The fourth-order valence-electron chi connectivity index (χ4n) is 3.44. The average molecular weight is 427 g/mol. The molecule has 2 aromatic carbocycles. The van der Waals surface area contributed by atoms with Gasteiger partial charge in [-0.2, -0.15) is 0 Å². The predicted molar refractivity (Wildman–Crippen MR) is 109 cm³/mol. The lowest BCUT2D eigenvalue weighted by Gasteiger charge is -2.28. The lowest BCUT2D eigenvalue weighted by Crippen LogP contribution is -2.43. The molecule has 1 saturated heterocycles. The highest BCUT2D eigenvalue weighted by Gasteiger charge is 2.34. The Hall–Kier alpha value is -3.20. The first-order valence-electron chi connectivity index (χ1n) is 9.53. The molecule has 2 heterocycles. The van der Waals surface area contributed by atoms with E-state index in [4.69, 9.17) is 9.15 Å². The van der Waals surface area contributed by atoms with E-state index in [9.17, 15) is 13.2 Å². The third-order valence-electron chi connectivity index (χ3n) is 4.99. The number of nitrogens with zero attached hydrogens (tertiary/aromatic N) is 3. The Kier molecular flexibility index (Phi) is 5.80. The number of ether oxygens (including phenoxy) is 1. The van der Waals surface area contributed by atoms with Gasteiger partial charge in [-0.3, -0.25) is 4.79 Å². The molecule has 1 amide bonds. The molecular formula is C21H21N3O5S. The molecule has 1 atom stereocenters. The second kappa shape index (κ2) is 8.66. The Labute approximate surface area is 174 Å². The van der Waals surface area contributed by atoms with Gasteiger partial charge in [-0.1, -0.05) is 30.3 Å². The normalized spacial score (nSPS) is 17.5. The van der Waals surface area contributed by atoms with Crippen LogP contribution in [-0.4, -0.2) is 53.6 Å². The molecule has 30 heavy (non-hydrogen) atoms. The van der Waals surface area contributed by atoms with Crippen LogP contribution in [0.3, 0.4) is 0 Å². The van der Waals surface area contributed by atoms with Gasteiger partial charge in [0.1, 0.15) is 5.75 Å². The van der Waals surface area contributed by atoms with Crippen molar-refractivity contribution in [3.05, 3.63) is 66.6 Å². The van der Waals surface area contributed by atoms with Crippen LogP contribution in [0, 0.1) is 0 Å². The molecule has 8 nitrogen and oxygen atoms in total. The van der Waals surface area contributed by atoms with Gasteiger partial charge in [-0.15, -0.1) is 10.2 Å². The number of sulfone groups is 1. The maximum Gasteiger partial charge on any atom is 0.261 e. The summed E-state index contributed by atoms with van der Waals surface area (Å²) in [5.74, 6) is 0.764. The zero-order valence-corrected chi connectivity index (χ0v) is 17.0. The maximum atomic E-state index is 12.9. The van der Waals surface area contributed by atoms with Gasteiger partial charge in [-0.25, -0.2) is 8.42 Å². The van der Waals surface area contributed by atoms with Crippen molar-refractivity contribution in [2.24, 2.45) is 0 Å². The Morgan fingerprint density at radius 3 is 2.53 bits per heavy atom. The molecule has 156 valence electrons. The molecule has 0 aliphatic carbocycles. The van der Waals surface area contributed by atoms with Gasteiger partial charge >= 0.3 is 0 Å². The number of carbonyl (C=O) groups is 1. The second-order valence-electron chi connectivity index (χ2n) is 7.12. The largest absolute Gasteiger partial charge is 0.484 e. The summed E-state index contributed by atoms with van der Waals surface area (Å²) in [6.45, 7) is 0.169. The lowest BCUT2D eigenvalue weighted by molar-refractivity contribution is -0.136. The van der Waals surface area contributed by atoms with E-state index in [1.165, 1.54) is 6.39 Å². The fraction of sp³-hybridized carbons (Fsp3) is 0.286. The molecule has 4 rings (SSSR count). The van der Waals surface area contributed by atoms with Gasteiger partial charge in [0.25, 0.3) is 5.91 Å². The molecular weight excluding hydrogens is 406 g/mol. The van der Waals surface area contributed by atoms with Gasteiger partial charge in [0.2, 0.25) is 12.3 Å². The average Bonchev–Trinajstić information content (AvgIpc) is 3.41. The van der Waals surface area contributed by atoms with Crippen molar-refractivity contribution in [3.8, 4) is 17.2 Å². The highest BCUT2D eigenvalue weighted by molar-refractivity contribution is 7.91. The van der Waals surface area contributed by atoms with Crippen LogP contribution in [0.2, 0.25) is 0 Å². The number of amides is 1. The SMILES string of the molecule is O=C(COc1ccc(-c2nnco2)cc1)N(Cc1ccccc1)[C@H]1CCS(=O)(=O)C1. The molecule has 0 bridgehead atoms. The number of hydrogen-bond acceptors (Lipinski definition) is 7. The van der Waals surface area contributed by atoms with Gasteiger partial charge < -0.3 is 14.1 Å². The Balaban J connectivity index is 1.43. The molecule has 0 saturated carbocycles. The van der Waals surface area contributed by atoms with Crippen LogP contribution in [-0.2, 0) is 21.2 Å². The summed E-state index contributed by atoms with van der Waals surface area (Å²) >= 11 is 0. The van der Waals surface area contributed by atoms with Gasteiger partial charge in [0.15, 0.2) is 16.4 Å². The minimum Gasteiger partial charge on any atom is -0.484 e. The Bertz CT molecular complexity index is 1080. The minimum absolute atomic E-state index is 0.00947. The van der Waals surface area contributed by atoms with Crippen molar-refractivity contribution in [1.29, 1.82) is 0 Å². The van der Waals surface area contributed by atoms with Gasteiger partial charge in [0, 0.05) is 18.2 Å². The maximum absolute atomic E-state index is 12.9. The second-order valence-corrected chi connectivity index (χ2v) is 9.35. The summed E-state index contributed by atoms with van der Waals surface area (Å²) in [6, 6.07) is 16.1. The number of benzene rings is 2. The summed E-state index contributed by atoms with van der Waals surface area (Å²) in [5, 5.41) is 7.48. The zero-order chi connectivity index (χ0) is 21.0. The number of rotatable bonds is 7. The topological polar surface area (TPSA) is 103 Å². The summed E-state index contributed by atoms with van der Waals surface area (Å²) in [7, 11) is -3.11. The number of aromatic nitrogens is 2. The molecule has 1 aliphatic heterocycles. The molecule has 0 N–H and O–H groups in total. The van der Waals surface area contributed by atoms with Crippen molar-refractivity contribution in [1.82, 2.24) is 15.1 Å². The van der Waals surface area contributed by atoms with Crippen molar-refractivity contribution in [3.63, 3.8) is 0 Å². The predicted octanol–water partition coefficient (Wildman–Crippen LogP) is 2.33. The smallest absolute Gasteiger partial charge is 0.261 e. The van der Waals surface area contributed by atoms with Crippen molar-refractivity contribution < 1.29 is 22.4 Å². The Morgan fingerprint density at radius 1 is 1.13 bits per heavy atom. The quantitative estimate of drug-likeness (QED) is 0.570. The molecule has 0 spiro atoms. The molecule has 1 fully saturated rings. The van der Waals surface area contributed by atoms with Crippen molar-refractivity contribution in [2.75, 3.05) is 18.1 Å². The molecule has 9 heteroatoms. The van der Waals surface area contributed by atoms with E-state index in [1.54, 1.807) is 29.2 Å². The minimum atomic E-state index is -3.11. The lowest BCUT2D eigenvalue weighted by atomic mass is 10.1. The third-order valence-corrected chi connectivity index (χ3v) is 6.74. The Morgan fingerprint density at radius 2 is 1.90 bits per heavy atom. The van der Waals surface area contributed by atoms with Crippen LogP contribution in [0.5, 0.6) is 5.75 Å². The van der Waals surface area contributed by atoms with E-state index in [0.717, 1.165) is 11.1 Å². The van der Waals surface area contributed by atoms with E-state index in [-0.39, 0.29) is 30.1 Å². The van der Waals surface area contributed by atoms with E-state index in [2.05, 4.69) is 10.2 Å². The molecule has 0 unspecified atom stereocenters. The van der Waals surface area contributed by atoms with Crippen molar-refractivity contribution >= 4 is 15.7 Å². The van der Waals surface area contributed by atoms with Gasteiger partial charge in [0.05, 0.1) is 11.5 Å².